The summed E-state index contributed by atoms with van der Waals surface area (Å²) in [6, 6.07) is 5.86. The molecule has 31 heavy (non-hydrogen) atoms. The number of nitrogens with zero attached hydrogens (tertiary/aromatic N) is 4. The molecular formula is C22H26FN5O3. The van der Waals surface area contributed by atoms with Crippen LogP contribution in [0, 0.1) is 12.7 Å². The van der Waals surface area contributed by atoms with Crippen molar-refractivity contribution < 1.29 is 18.4 Å². The van der Waals surface area contributed by atoms with Gasteiger partial charge in [0.15, 0.2) is 11.6 Å². The third-order valence-corrected chi connectivity index (χ3v) is 6.01. The van der Waals surface area contributed by atoms with E-state index >= 15 is 0 Å². The number of piperidine rings is 1. The minimum absolute atomic E-state index is 0.305. The van der Waals surface area contributed by atoms with E-state index in [-0.39, 0.29) is 0 Å². The van der Waals surface area contributed by atoms with Gasteiger partial charge in [0.05, 0.1) is 19.3 Å². The lowest BCUT2D eigenvalue weighted by molar-refractivity contribution is 0.186. The number of hydrogen-bond acceptors (Lipinski definition) is 8. The molecule has 4 heterocycles. The van der Waals surface area contributed by atoms with Gasteiger partial charge in [-0.2, -0.15) is 4.98 Å². The molecule has 0 radical (unpaired) electrons. The average Bonchev–Trinajstić information content (AvgIpc) is 3.45. The topological polar surface area (TPSA) is 85.5 Å². The normalized spacial score (nSPS) is 20.0. The number of rotatable bonds is 5. The standard InChI is InChI=1S/C22H26FN5O3/c1-13-24-22(31-27-13)18-10-14-9-17(29-2)11-19(23)20(14)26-21(18)28-6-3-15(4-7-28)25-16-5-8-30-12-16/h9-11,15-16,25H,3-8,12H2,1-2H3/t16-/m0/s1. The van der Waals surface area contributed by atoms with E-state index < -0.39 is 5.82 Å². The molecule has 0 saturated carbocycles. The Morgan fingerprint density at radius 3 is 2.65 bits per heavy atom. The predicted octanol–water partition coefficient (Wildman–Crippen LogP) is 3.09. The van der Waals surface area contributed by atoms with Crippen LogP contribution in [0.25, 0.3) is 22.4 Å². The quantitative estimate of drug-likeness (QED) is 0.665. The fraction of sp³-hybridized carbons (Fsp3) is 0.500. The highest BCUT2D eigenvalue weighted by Gasteiger charge is 2.27. The molecule has 2 aliphatic heterocycles. The minimum Gasteiger partial charge on any atom is -0.497 e. The predicted molar refractivity (Wildman–Crippen MR) is 114 cm³/mol. The van der Waals surface area contributed by atoms with Crippen LogP contribution in [-0.4, -0.2) is 60.6 Å². The first-order chi connectivity index (χ1) is 15.1. The van der Waals surface area contributed by atoms with Gasteiger partial charge in [-0.05, 0) is 38.3 Å². The first-order valence-corrected chi connectivity index (χ1v) is 10.7. The van der Waals surface area contributed by atoms with Crippen molar-refractivity contribution in [2.75, 3.05) is 38.3 Å². The lowest BCUT2D eigenvalue weighted by atomic mass is 10.0. The van der Waals surface area contributed by atoms with Crippen molar-refractivity contribution in [3.63, 3.8) is 0 Å². The molecule has 2 aliphatic rings. The zero-order valence-corrected chi connectivity index (χ0v) is 17.7. The molecule has 1 aromatic carbocycles. The van der Waals surface area contributed by atoms with Crippen LogP contribution < -0.4 is 15.0 Å². The summed E-state index contributed by atoms with van der Waals surface area (Å²) in [6.45, 7) is 5.01. The maximum atomic E-state index is 14.8. The molecule has 1 N–H and O–H groups in total. The van der Waals surface area contributed by atoms with Crippen LogP contribution in [0.5, 0.6) is 5.75 Å². The second kappa shape index (κ2) is 8.39. The highest BCUT2D eigenvalue weighted by molar-refractivity contribution is 5.89. The monoisotopic (exact) mass is 427 g/mol. The maximum absolute atomic E-state index is 14.8. The third kappa shape index (κ3) is 4.07. The zero-order valence-electron chi connectivity index (χ0n) is 17.7. The van der Waals surface area contributed by atoms with Gasteiger partial charge in [0.1, 0.15) is 17.1 Å². The van der Waals surface area contributed by atoms with Gasteiger partial charge in [-0.25, -0.2) is 9.37 Å². The number of fused-ring (bicyclic) bond motifs is 1. The first kappa shape index (κ1) is 20.1. The van der Waals surface area contributed by atoms with Gasteiger partial charge >= 0.3 is 0 Å². The van der Waals surface area contributed by atoms with E-state index in [2.05, 4.69) is 20.4 Å². The third-order valence-electron chi connectivity index (χ3n) is 6.01. The summed E-state index contributed by atoms with van der Waals surface area (Å²) in [5.41, 5.74) is 1.01. The van der Waals surface area contributed by atoms with Gasteiger partial charge in [0.25, 0.3) is 5.89 Å². The van der Waals surface area contributed by atoms with Crippen molar-refractivity contribution in [1.29, 1.82) is 0 Å². The Labute approximate surface area is 179 Å². The van der Waals surface area contributed by atoms with Gasteiger partial charge in [-0.1, -0.05) is 5.16 Å². The van der Waals surface area contributed by atoms with Gasteiger partial charge in [-0.15, -0.1) is 0 Å². The van der Waals surface area contributed by atoms with E-state index in [9.17, 15) is 4.39 Å². The van der Waals surface area contributed by atoms with E-state index in [4.69, 9.17) is 19.0 Å². The van der Waals surface area contributed by atoms with E-state index in [0.29, 0.717) is 51.8 Å². The molecule has 5 rings (SSSR count). The highest BCUT2D eigenvalue weighted by atomic mass is 19.1. The summed E-state index contributed by atoms with van der Waals surface area (Å²) >= 11 is 0. The number of methoxy groups -OCH3 is 1. The van der Waals surface area contributed by atoms with Crippen LogP contribution >= 0.6 is 0 Å². The van der Waals surface area contributed by atoms with Crippen LogP contribution in [0.3, 0.4) is 0 Å². The molecular weight excluding hydrogens is 401 g/mol. The van der Waals surface area contributed by atoms with Crippen LogP contribution in [0.15, 0.2) is 22.7 Å². The van der Waals surface area contributed by atoms with Crippen LogP contribution in [-0.2, 0) is 4.74 Å². The Morgan fingerprint density at radius 2 is 1.97 bits per heavy atom. The Balaban J connectivity index is 1.47. The fourth-order valence-electron chi connectivity index (χ4n) is 4.39. The molecule has 0 spiro atoms. The molecule has 0 bridgehead atoms. The molecule has 2 aromatic heterocycles. The fourth-order valence-corrected chi connectivity index (χ4v) is 4.39. The summed E-state index contributed by atoms with van der Waals surface area (Å²) in [4.78, 5) is 11.3. The summed E-state index contributed by atoms with van der Waals surface area (Å²) in [5.74, 6) is 1.62. The highest BCUT2D eigenvalue weighted by Crippen LogP contribution is 2.35. The SMILES string of the molecule is COc1cc(F)c2nc(N3CCC(N[C@H]4CCOC4)CC3)c(-c3nc(C)no3)cc2c1. The second-order valence-electron chi connectivity index (χ2n) is 8.18. The lowest BCUT2D eigenvalue weighted by Gasteiger charge is -2.35. The zero-order chi connectivity index (χ0) is 21.4. The summed E-state index contributed by atoms with van der Waals surface area (Å²) in [5, 5.41) is 8.26. The van der Waals surface area contributed by atoms with Crippen LogP contribution in [0.2, 0.25) is 0 Å². The Hall–Kier alpha value is -2.78. The Kier molecular flexibility index (Phi) is 5.45. The van der Waals surface area contributed by atoms with Crippen molar-refractivity contribution in [3.05, 3.63) is 29.8 Å². The Bertz CT molecular complexity index is 1070. The van der Waals surface area contributed by atoms with Gasteiger partial charge < -0.3 is 24.2 Å². The van der Waals surface area contributed by atoms with Crippen molar-refractivity contribution in [2.24, 2.45) is 0 Å². The number of aromatic nitrogens is 3. The number of ether oxygens (including phenoxy) is 2. The number of halogens is 1. The number of pyridine rings is 1. The van der Waals surface area contributed by atoms with Crippen molar-refractivity contribution in [2.45, 2.75) is 38.3 Å². The van der Waals surface area contributed by atoms with Gasteiger partial charge in [0, 0.05) is 43.2 Å². The maximum Gasteiger partial charge on any atom is 0.261 e. The van der Waals surface area contributed by atoms with Crippen molar-refractivity contribution in [1.82, 2.24) is 20.4 Å². The first-order valence-electron chi connectivity index (χ1n) is 10.7. The molecule has 3 aromatic rings. The molecule has 0 aliphatic carbocycles. The number of benzene rings is 1. The van der Waals surface area contributed by atoms with Gasteiger partial charge in [-0.3, -0.25) is 0 Å². The van der Waals surface area contributed by atoms with Crippen molar-refractivity contribution >= 4 is 16.7 Å². The average molecular weight is 427 g/mol. The van der Waals surface area contributed by atoms with Gasteiger partial charge in [0.2, 0.25) is 0 Å². The molecule has 0 unspecified atom stereocenters. The lowest BCUT2D eigenvalue weighted by Crippen LogP contribution is -2.46. The molecule has 1 atom stereocenters. The number of anilines is 1. The Morgan fingerprint density at radius 1 is 1.13 bits per heavy atom. The molecule has 2 fully saturated rings. The van der Waals surface area contributed by atoms with Crippen LogP contribution in [0.4, 0.5) is 10.2 Å². The van der Waals surface area contributed by atoms with E-state index in [1.54, 1.807) is 13.0 Å². The molecule has 2 saturated heterocycles. The number of aryl methyl sites for hydroxylation is 1. The molecule has 8 nitrogen and oxygen atoms in total. The summed E-state index contributed by atoms with van der Waals surface area (Å²) < 4.78 is 30.9. The molecule has 9 heteroatoms. The van der Waals surface area contributed by atoms with E-state index in [1.807, 2.05) is 6.07 Å². The van der Waals surface area contributed by atoms with Crippen molar-refractivity contribution in [3.8, 4) is 17.2 Å². The number of nitrogens with one attached hydrogen (secondary N) is 1. The smallest absolute Gasteiger partial charge is 0.261 e. The molecule has 164 valence electrons. The largest absolute Gasteiger partial charge is 0.497 e. The summed E-state index contributed by atoms with van der Waals surface area (Å²) in [6.07, 6.45) is 3.02. The minimum atomic E-state index is -0.415. The van der Waals surface area contributed by atoms with E-state index in [1.165, 1.54) is 13.2 Å². The van der Waals surface area contributed by atoms with E-state index in [0.717, 1.165) is 45.6 Å². The number of hydrogen-bond donors (Lipinski definition) is 1. The second-order valence-corrected chi connectivity index (χ2v) is 8.18. The summed E-state index contributed by atoms with van der Waals surface area (Å²) in [7, 11) is 1.51. The van der Waals surface area contributed by atoms with Crippen LogP contribution in [0.1, 0.15) is 25.1 Å². The molecule has 0 amide bonds.